The molecule has 0 radical (unpaired) electrons. The lowest BCUT2D eigenvalue weighted by molar-refractivity contribution is 0.176. The molecule has 17 heavy (non-hydrogen) atoms. The predicted molar refractivity (Wildman–Crippen MR) is 74.2 cm³/mol. The Kier molecular flexibility index (Phi) is 4.31. The summed E-state index contributed by atoms with van der Waals surface area (Å²) in [6, 6.07) is 7.34. The summed E-state index contributed by atoms with van der Waals surface area (Å²) in [5, 5.41) is 10.7. The molecule has 0 aliphatic heterocycles. The van der Waals surface area contributed by atoms with Crippen LogP contribution in [0.25, 0.3) is 0 Å². The van der Waals surface area contributed by atoms with E-state index in [2.05, 4.69) is 31.9 Å². The van der Waals surface area contributed by atoms with E-state index in [1.54, 1.807) is 6.07 Å². The van der Waals surface area contributed by atoms with Gasteiger partial charge >= 0.3 is 0 Å². The first-order chi connectivity index (χ1) is 8.08. The first kappa shape index (κ1) is 13.1. The molecule has 1 heterocycles. The molecule has 2 rings (SSSR count). The number of hydrogen-bond acceptors (Lipinski definition) is 2. The lowest BCUT2D eigenvalue weighted by Crippen LogP contribution is -2.01. The van der Waals surface area contributed by atoms with Gasteiger partial charge in [-0.1, -0.05) is 33.6 Å². The number of hydrogen-bond donors (Lipinski definition) is 1. The molecule has 0 spiro atoms. The van der Waals surface area contributed by atoms with Crippen LogP contribution in [0.3, 0.4) is 0 Å². The molecule has 0 saturated heterocycles. The van der Waals surface area contributed by atoms with E-state index in [0.717, 1.165) is 15.6 Å². The zero-order valence-electron chi connectivity index (χ0n) is 8.66. The molecule has 1 unspecified atom stereocenters. The van der Waals surface area contributed by atoms with E-state index in [0.29, 0.717) is 16.1 Å². The lowest BCUT2D eigenvalue weighted by Gasteiger charge is -2.10. The van der Waals surface area contributed by atoms with E-state index >= 15 is 0 Å². The Labute approximate surface area is 121 Å². The zero-order valence-corrected chi connectivity index (χ0v) is 12.6. The molecule has 0 aliphatic carbocycles. The van der Waals surface area contributed by atoms with Gasteiger partial charge < -0.3 is 9.52 Å². The number of halogens is 3. The van der Waals surface area contributed by atoms with Crippen LogP contribution >= 0.6 is 43.5 Å². The Morgan fingerprint density at radius 1 is 1.29 bits per heavy atom. The summed E-state index contributed by atoms with van der Waals surface area (Å²) in [6.45, 7) is 0. The van der Waals surface area contributed by atoms with Crippen LogP contribution in [0, 0.1) is 0 Å². The summed E-state index contributed by atoms with van der Waals surface area (Å²) in [4.78, 5) is 0. The number of aliphatic hydroxyl groups excluding tert-OH is 1. The van der Waals surface area contributed by atoms with Crippen molar-refractivity contribution in [2.75, 3.05) is 0 Å². The molecular formula is C12H9Br2ClO2. The van der Waals surface area contributed by atoms with Gasteiger partial charge in [-0.15, -0.1) is 0 Å². The summed E-state index contributed by atoms with van der Waals surface area (Å²) in [6.07, 6.45) is 1.34. The van der Waals surface area contributed by atoms with Crippen molar-refractivity contribution in [1.82, 2.24) is 0 Å². The van der Waals surface area contributed by atoms with Crippen molar-refractivity contribution in [3.8, 4) is 0 Å². The average molecular weight is 380 g/mol. The third-order valence-electron chi connectivity index (χ3n) is 2.43. The summed E-state index contributed by atoms with van der Waals surface area (Å²) in [5.41, 5.74) is 1.62. The molecule has 2 nitrogen and oxygen atoms in total. The zero-order chi connectivity index (χ0) is 12.4. The van der Waals surface area contributed by atoms with Crippen molar-refractivity contribution >= 4 is 43.5 Å². The molecule has 5 heteroatoms. The smallest absolute Gasteiger partial charge is 0.174 e. The minimum atomic E-state index is -0.637. The average Bonchev–Trinajstić information content (AvgIpc) is 2.68. The Morgan fingerprint density at radius 2 is 2.06 bits per heavy atom. The quantitative estimate of drug-likeness (QED) is 0.835. The predicted octanol–water partition coefficient (Wildman–Crippen LogP) is 4.73. The molecule has 1 aromatic carbocycles. The molecule has 1 aromatic heterocycles. The van der Waals surface area contributed by atoms with Gasteiger partial charge in [0.2, 0.25) is 0 Å². The van der Waals surface area contributed by atoms with Crippen LogP contribution in [0.5, 0.6) is 0 Å². The Bertz CT molecular complexity index is 525. The van der Waals surface area contributed by atoms with Gasteiger partial charge in [-0.05, 0) is 39.7 Å². The van der Waals surface area contributed by atoms with Gasteiger partial charge in [0, 0.05) is 21.5 Å². The molecule has 1 atom stereocenters. The fourth-order valence-corrected chi connectivity index (χ4v) is 2.80. The van der Waals surface area contributed by atoms with Gasteiger partial charge in [-0.25, -0.2) is 0 Å². The molecule has 0 saturated carbocycles. The van der Waals surface area contributed by atoms with Gasteiger partial charge in [0.05, 0.1) is 12.4 Å². The van der Waals surface area contributed by atoms with Crippen molar-refractivity contribution in [3.63, 3.8) is 0 Å². The first-order valence-corrected chi connectivity index (χ1v) is 6.89. The number of furan rings is 1. The second-order valence-corrected chi connectivity index (χ2v) is 5.65. The fourth-order valence-electron chi connectivity index (χ4n) is 1.55. The number of benzene rings is 1. The highest BCUT2D eigenvalue weighted by Crippen LogP contribution is 2.30. The minimum absolute atomic E-state index is 0.449. The Hall–Kier alpha value is -0.290. The van der Waals surface area contributed by atoms with Gasteiger partial charge in [-0.2, -0.15) is 0 Å². The highest BCUT2D eigenvalue weighted by atomic mass is 79.9. The van der Waals surface area contributed by atoms with Gasteiger partial charge in [0.1, 0.15) is 0 Å². The van der Waals surface area contributed by atoms with Gasteiger partial charge in [-0.3, -0.25) is 0 Å². The van der Waals surface area contributed by atoms with Crippen LogP contribution in [0.2, 0.25) is 5.02 Å². The molecule has 2 aromatic rings. The van der Waals surface area contributed by atoms with Crippen molar-refractivity contribution < 1.29 is 9.52 Å². The van der Waals surface area contributed by atoms with E-state index in [-0.39, 0.29) is 0 Å². The molecule has 1 N–H and O–H groups in total. The van der Waals surface area contributed by atoms with E-state index in [4.69, 9.17) is 16.0 Å². The molecule has 90 valence electrons. The van der Waals surface area contributed by atoms with Crippen LogP contribution in [0.1, 0.15) is 17.2 Å². The summed E-state index contributed by atoms with van der Waals surface area (Å²) in [7, 11) is 0. The number of rotatable bonds is 3. The maximum Gasteiger partial charge on any atom is 0.174 e. The standard InChI is InChI=1S/C12H9Br2ClO2/c13-8-2-1-7(10(15)6-8)5-11(16)9-3-4-17-12(9)14/h1-4,6,11,16H,5H2. The molecular weight excluding hydrogens is 371 g/mol. The van der Waals surface area contributed by atoms with Gasteiger partial charge in [0.15, 0.2) is 4.67 Å². The molecule has 0 fully saturated rings. The van der Waals surface area contributed by atoms with Crippen LogP contribution in [-0.2, 0) is 6.42 Å². The summed E-state index contributed by atoms with van der Waals surface area (Å²) >= 11 is 12.7. The van der Waals surface area contributed by atoms with Crippen LogP contribution in [0.15, 0.2) is 44.1 Å². The van der Waals surface area contributed by atoms with E-state index in [1.807, 2.05) is 18.2 Å². The minimum Gasteiger partial charge on any atom is -0.457 e. The summed E-state index contributed by atoms with van der Waals surface area (Å²) in [5.74, 6) is 0. The second-order valence-electron chi connectivity index (χ2n) is 3.61. The SMILES string of the molecule is OC(Cc1ccc(Br)cc1Cl)c1ccoc1Br. The third-order valence-corrected chi connectivity index (χ3v) is 3.92. The van der Waals surface area contributed by atoms with Crippen molar-refractivity contribution in [1.29, 1.82) is 0 Å². The highest BCUT2D eigenvalue weighted by molar-refractivity contribution is 9.10. The van der Waals surface area contributed by atoms with Crippen LogP contribution in [0.4, 0.5) is 0 Å². The normalized spacial score (nSPS) is 12.7. The van der Waals surface area contributed by atoms with E-state index < -0.39 is 6.10 Å². The Morgan fingerprint density at radius 3 is 2.65 bits per heavy atom. The first-order valence-electron chi connectivity index (χ1n) is 4.93. The topological polar surface area (TPSA) is 33.4 Å². The van der Waals surface area contributed by atoms with Crippen LogP contribution in [-0.4, -0.2) is 5.11 Å². The maximum absolute atomic E-state index is 10.1. The van der Waals surface area contributed by atoms with E-state index in [9.17, 15) is 5.11 Å². The van der Waals surface area contributed by atoms with Crippen molar-refractivity contribution in [2.45, 2.75) is 12.5 Å². The second kappa shape index (κ2) is 5.57. The lowest BCUT2D eigenvalue weighted by atomic mass is 10.0. The molecule has 0 bridgehead atoms. The molecule has 0 aliphatic rings. The van der Waals surface area contributed by atoms with Gasteiger partial charge in [0.25, 0.3) is 0 Å². The monoisotopic (exact) mass is 378 g/mol. The maximum atomic E-state index is 10.1. The fraction of sp³-hybridized carbons (Fsp3) is 0.167. The highest BCUT2D eigenvalue weighted by Gasteiger charge is 2.15. The molecule has 0 amide bonds. The Balaban J connectivity index is 2.19. The number of aliphatic hydroxyl groups is 1. The van der Waals surface area contributed by atoms with Crippen molar-refractivity contribution in [2.24, 2.45) is 0 Å². The van der Waals surface area contributed by atoms with Crippen LogP contribution < -0.4 is 0 Å². The van der Waals surface area contributed by atoms with E-state index in [1.165, 1.54) is 6.26 Å². The largest absolute Gasteiger partial charge is 0.457 e. The summed E-state index contributed by atoms with van der Waals surface area (Å²) < 4.78 is 6.56. The third kappa shape index (κ3) is 3.13. The van der Waals surface area contributed by atoms with Crippen molar-refractivity contribution in [3.05, 3.63) is 55.8 Å².